The first-order valence-electron chi connectivity index (χ1n) is 22.3. The van der Waals surface area contributed by atoms with Gasteiger partial charge in [-0.15, -0.1) is 0 Å². The van der Waals surface area contributed by atoms with E-state index < -0.39 is 0 Å². The number of carbonyl (C=O) groups is 1. The fourth-order valence-electron chi connectivity index (χ4n) is 13.0. The molecule has 4 rings (SSSR count). The third-order valence-electron chi connectivity index (χ3n) is 16.2. The number of hydrogen-bond donors (Lipinski definition) is 0. The minimum absolute atomic E-state index is 0.0511. The first-order chi connectivity index (χ1) is 23.8. The number of hydrogen-bond acceptors (Lipinski definition) is 2. The van der Waals surface area contributed by atoms with Gasteiger partial charge in [-0.05, 0) is 156 Å². The minimum Gasteiger partial charge on any atom is -0.462 e. The number of fused-ring (bicyclic) bond motifs is 5. The van der Waals surface area contributed by atoms with Crippen LogP contribution in [0.25, 0.3) is 0 Å². The third kappa shape index (κ3) is 9.54. The minimum atomic E-state index is 0.0511. The molecule has 0 saturated heterocycles. The van der Waals surface area contributed by atoms with Gasteiger partial charge in [0.1, 0.15) is 6.10 Å². The van der Waals surface area contributed by atoms with E-state index in [-0.39, 0.29) is 17.5 Å². The number of unbranched alkanes of at least 4 members (excludes halogenated alkanes) is 11. The Morgan fingerprint density at radius 2 is 1.32 bits per heavy atom. The largest absolute Gasteiger partial charge is 0.462 e. The second-order valence-corrected chi connectivity index (χ2v) is 19.9. The summed E-state index contributed by atoms with van der Waals surface area (Å²) in [7, 11) is 0. The third-order valence-corrected chi connectivity index (χ3v) is 16.2. The summed E-state index contributed by atoms with van der Waals surface area (Å²) in [6.45, 7) is 22.4. The topological polar surface area (TPSA) is 26.3 Å². The summed E-state index contributed by atoms with van der Waals surface area (Å²) in [6.07, 6.45) is 37.9. The maximum atomic E-state index is 13.2. The predicted octanol–water partition coefficient (Wildman–Crippen LogP) is 15.0. The highest BCUT2D eigenvalue weighted by Gasteiger charge is 2.67. The SMILES string of the molecule is CCCCCCCC/C=C\CCCCCCCC(=O)OC1CCC2(C)C3CCC4(C)C(C(C)CCC=C(C)C)CCC4(C)C3CCC2C1(C)C. The van der Waals surface area contributed by atoms with Gasteiger partial charge in [0.25, 0.3) is 0 Å². The Morgan fingerprint density at radius 3 is 1.98 bits per heavy atom. The Kier molecular flexibility index (Phi) is 15.7. The van der Waals surface area contributed by atoms with Gasteiger partial charge in [-0.1, -0.05) is 124 Å². The summed E-state index contributed by atoms with van der Waals surface area (Å²) >= 11 is 0. The van der Waals surface area contributed by atoms with Gasteiger partial charge >= 0.3 is 5.97 Å². The molecule has 0 aromatic carbocycles. The summed E-state index contributed by atoms with van der Waals surface area (Å²) < 4.78 is 6.40. The van der Waals surface area contributed by atoms with Crippen LogP contribution < -0.4 is 0 Å². The van der Waals surface area contributed by atoms with Crippen molar-refractivity contribution in [2.45, 2.75) is 223 Å². The maximum absolute atomic E-state index is 13.2. The van der Waals surface area contributed by atoms with E-state index >= 15 is 0 Å². The average molecular weight is 693 g/mol. The van der Waals surface area contributed by atoms with Gasteiger partial charge in [-0.25, -0.2) is 0 Å². The van der Waals surface area contributed by atoms with Gasteiger partial charge < -0.3 is 4.74 Å². The van der Waals surface area contributed by atoms with Gasteiger partial charge in [0.2, 0.25) is 0 Å². The molecule has 2 heteroatoms. The Labute approximate surface area is 312 Å². The number of esters is 1. The molecule has 0 aromatic rings. The van der Waals surface area contributed by atoms with E-state index in [0.29, 0.717) is 28.6 Å². The number of rotatable bonds is 20. The maximum Gasteiger partial charge on any atom is 0.306 e. The summed E-state index contributed by atoms with van der Waals surface area (Å²) in [5.41, 5.74) is 2.84. The highest BCUT2D eigenvalue weighted by atomic mass is 16.5. The Morgan fingerprint density at radius 1 is 0.700 bits per heavy atom. The lowest BCUT2D eigenvalue weighted by Gasteiger charge is -2.67. The zero-order valence-corrected chi connectivity index (χ0v) is 35.0. The van der Waals surface area contributed by atoms with E-state index in [1.165, 1.54) is 134 Å². The molecule has 0 spiro atoms. The Hall–Kier alpha value is -1.05. The van der Waals surface area contributed by atoms with E-state index in [1.807, 2.05) is 0 Å². The van der Waals surface area contributed by atoms with Crippen LogP contribution in [0.5, 0.6) is 0 Å². The van der Waals surface area contributed by atoms with E-state index in [2.05, 4.69) is 80.5 Å². The number of allylic oxidation sites excluding steroid dienone is 4. The number of carbonyl (C=O) groups excluding carboxylic acids is 1. The van der Waals surface area contributed by atoms with Crippen molar-refractivity contribution >= 4 is 5.97 Å². The van der Waals surface area contributed by atoms with Crippen molar-refractivity contribution in [3.8, 4) is 0 Å². The van der Waals surface area contributed by atoms with Gasteiger partial charge in [-0.3, -0.25) is 4.79 Å². The first-order valence-corrected chi connectivity index (χ1v) is 22.3. The molecule has 0 bridgehead atoms. The van der Waals surface area contributed by atoms with E-state index in [0.717, 1.165) is 42.9 Å². The van der Waals surface area contributed by atoms with Crippen molar-refractivity contribution in [3.63, 3.8) is 0 Å². The zero-order chi connectivity index (χ0) is 36.4. The molecule has 288 valence electrons. The Bertz CT molecular complexity index is 1100. The van der Waals surface area contributed by atoms with Crippen LogP contribution in [-0.2, 0) is 9.53 Å². The lowest BCUT2D eigenvalue weighted by molar-refractivity contribution is -0.210. The lowest BCUT2D eigenvalue weighted by atomic mass is 9.38. The molecule has 50 heavy (non-hydrogen) atoms. The second kappa shape index (κ2) is 18.8. The van der Waals surface area contributed by atoms with Crippen LogP contribution in [0.2, 0.25) is 0 Å². The van der Waals surface area contributed by atoms with Gasteiger partial charge in [0.05, 0.1) is 0 Å². The highest BCUT2D eigenvalue weighted by Crippen LogP contribution is 2.74. The molecule has 4 fully saturated rings. The molecule has 9 unspecified atom stereocenters. The molecule has 0 heterocycles. The van der Waals surface area contributed by atoms with Crippen molar-refractivity contribution in [3.05, 3.63) is 23.8 Å². The Balaban J connectivity index is 1.20. The quantitative estimate of drug-likeness (QED) is 0.0721. The van der Waals surface area contributed by atoms with E-state index in [9.17, 15) is 4.79 Å². The summed E-state index contributed by atoms with van der Waals surface area (Å²) in [5, 5.41) is 0. The van der Waals surface area contributed by atoms with Crippen LogP contribution >= 0.6 is 0 Å². The van der Waals surface area contributed by atoms with Crippen LogP contribution in [0.4, 0.5) is 0 Å². The van der Waals surface area contributed by atoms with Gasteiger partial charge in [0, 0.05) is 11.8 Å². The highest BCUT2D eigenvalue weighted by molar-refractivity contribution is 5.69. The smallest absolute Gasteiger partial charge is 0.306 e. The summed E-state index contributed by atoms with van der Waals surface area (Å²) in [6, 6.07) is 0. The van der Waals surface area contributed by atoms with Crippen LogP contribution in [-0.4, -0.2) is 12.1 Å². The van der Waals surface area contributed by atoms with Crippen LogP contribution in [0.15, 0.2) is 23.8 Å². The molecular formula is C48H84O2. The van der Waals surface area contributed by atoms with E-state index in [1.54, 1.807) is 0 Å². The van der Waals surface area contributed by atoms with Crippen molar-refractivity contribution in [2.24, 2.45) is 51.2 Å². The lowest BCUT2D eigenvalue weighted by Crippen LogP contribution is -2.62. The fraction of sp³-hybridized carbons (Fsp3) is 0.896. The fourth-order valence-corrected chi connectivity index (χ4v) is 13.0. The molecule has 0 radical (unpaired) electrons. The zero-order valence-electron chi connectivity index (χ0n) is 35.0. The van der Waals surface area contributed by atoms with Crippen molar-refractivity contribution in [1.82, 2.24) is 0 Å². The van der Waals surface area contributed by atoms with Crippen LogP contribution in [0, 0.1) is 51.2 Å². The molecule has 0 aromatic heterocycles. The number of ether oxygens (including phenoxy) is 1. The molecule has 9 atom stereocenters. The normalized spacial score (nSPS) is 35.3. The summed E-state index contributed by atoms with van der Waals surface area (Å²) in [4.78, 5) is 13.2. The standard InChI is InChI=1S/C48H84O2/c1-10-11-12-13-14-15-16-17-18-19-20-21-22-23-24-28-44(49)50-43-33-34-46(7)40-32-36-47(8)39(38(4)27-25-26-37(2)3)31-35-48(47,9)41(40)29-30-42(46)45(43,5)6/h17-18,26,38-43H,10-16,19-25,27-36H2,1-9H3/b18-17-. The molecule has 4 saturated carbocycles. The molecule has 0 amide bonds. The van der Waals surface area contributed by atoms with E-state index in [4.69, 9.17) is 4.74 Å². The van der Waals surface area contributed by atoms with Crippen molar-refractivity contribution in [1.29, 1.82) is 0 Å². The first kappa shape index (κ1) is 41.7. The predicted molar refractivity (Wildman–Crippen MR) is 216 cm³/mol. The molecule has 0 aliphatic heterocycles. The molecule has 4 aliphatic rings. The van der Waals surface area contributed by atoms with Crippen LogP contribution in [0.1, 0.15) is 216 Å². The van der Waals surface area contributed by atoms with Crippen molar-refractivity contribution < 1.29 is 9.53 Å². The monoisotopic (exact) mass is 693 g/mol. The average Bonchev–Trinajstić information content (AvgIpc) is 3.35. The summed E-state index contributed by atoms with van der Waals surface area (Å²) in [5.74, 6) is 4.08. The van der Waals surface area contributed by atoms with Crippen molar-refractivity contribution in [2.75, 3.05) is 0 Å². The molecule has 0 N–H and O–H groups in total. The molecule has 2 nitrogen and oxygen atoms in total. The molecule has 4 aliphatic carbocycles. The van der Waals surface area contributed by atoms with Gasteiger partial charge in [-0.2, -0.15) is 0 Å². The molecular weight excluding hydrogens is 609 g/mol. The second-order valence-electron chi connectivity index (χ2n) is 19.9. The van der Waals surface area contributed by atoms with Crippen LogP contribution in [0.3, 0.4) is 0 Å². The van der Waals surface area contributed by atoms with Gasteiger partial charge in [0.15, 0.2) is 0 Å².